The Morgan fingerprint density at radius 1 is 1.19 bits per heavy atom. The number of hydrogen-bond acceptors (Lipinski definition) is 3. The predicted molar refractivity (Wildman–Crippen MR) is 106 cm³/mol. The lowest BCUT2D eigenvalue weighted by Crippen LogP contribution is -2.16. The second kappa shape index (κ2) is 7.50. The van der Waals surface area contributed by atoms with Crippen LogP contribution in [0.2, 0.25) is 0 Å². The monoisotopic (exact) mass is 352 g/mol. The number of anilines is 1. The summed E-state index contributed by atoms with van der Waals surface area (Å²) in [6, 6.07) is 14.2. The van der Waals surface area contributed by atoms with Gasteiger partial charge in [0.1, 0.15) is 5.75 Å². The fourth-order valence-electron chi connectivity index (χ4n) is 3.35. The van der Waals surface area contributed by atoms with E-state index in [2.05, 4.69) is 43.5 Å². The first-order chi connectivity index (χ1) is 12.4. The molecule has 3 rings (SSSR count). The Morgan fingerprint density at radius 2 is 2.00 bits per heavy atom. The Hall–Kier alpha value is -2.33. The summed E-state index contributed by atoms with van der Waals surface area (Å²) >= 11 is 0. The minimum Gasteiger partial charge on any atom is -0.496 e. The van der Waals surface area contributed by atoms with Crippen molar-refractivity contribution in [3.8, 4) is 5.75 Å². The van der Waals surface area contributed by atoms with Crippen molar-refractivity contribution in [3.63, 3.8) is 0 Å². The van der Waals surface area contributed by atoms with Crippen LogP contribution in [0.15, 0.2) is 42.5 Å². The SMILES string of the molecule is COc1cc(C(C)(C)C)ccc1C(=O)Nc1cccc(C2CCCN2)c1. The van der Waals surface area contributed by atoms with E-state index in [1.165, 1.54) is 12.0 Å². The molecule has 4 nitrogen and oxygen atoms in total. The van der Waals surface area contributed by atoms with Crippen molar-refractivity contribution in [2.75, 3.05) is 19.0 Å². The molecule has 1 saturated heterocycles. The quantitative estimate of drug-likeness (QED) is 0.841. The zero-order valence-corrected chi connectivity index (χ0v) is 16.1. The molecule has 138 valence electrons. The molecule has 0 saturated carbocycles. The molecule has 1 aliphatic heterocycles. The lowest BCUT2D eigenvalue weighted by atomic mass is 9.86. The van der Waals surface area contributed by atoms with Crippen LogP contribution in [-0.4, -0.2) is 19.6 Å². The van der Waals surface area contributed by atoms with Crippen molar-refractivity contribution in [2.45, 2.75) is 45.1 Å². The van der Waals surface area contributed by atoms with Gasteiger partial charge in [-0.1, -0.05) is 39.0 Å². The van der Waals surface area contributed by atoms with E-state index in [4.69, 9.17) is 4.74 Å². The largest absolute Gasteiger partial charge is 0.496 e. The van der Waals surface area contributed by atoms with Crippen molar-refractivity contribution in [2.24, 2.45) is 0 Å². The fourth-order valence-corrected chi connectivity index (χ4v) is 3.35. The number of methoxy groups -OCH3 is 1. The van der Waals surface area contributed by atoms with Gasteiger partial charge in [-0.3, -0.25) is 4.79 Å². The van der Waals surface area contributed by atoms with E-state index < -0.39 is 0 Å². The van der Waals surface area contributed by atoms with E-state index in [0.717, 1.165) is 24.2 Å². The van der Waals surface area contributed by atoms with Gasteiger partial charge in [0.2, 0.25) is 0 Å². The van der Waals surface area contributed by atoms with Gasteiger partial charge in [0.05, 0.1) is 12.7 Å². The Bertz CT molecular complexity index is 787. The van der Waals surface area contributed by atoms with Gasteiger partial charge in [0.25, 0.3) is 5.91 Å². The van der Waals surface area contributed by atoms with Crippen LogP contribution < -0.4 is 15.4 Å². The number of rotatable bonds is 4. The smallest absolute Gasteiger partial charge is 0.259 e. The molecule has 1 aliphatic rings. The molecule has 2 aromatic carbocycles. The summed E-state index contributed by atoms with van der Waals surface area (Å²) in [5.41, 5.74) is 3.72. The van der Waals surface area contributed by atoms with Gasteiger partial charge in [0, 0.05) is 11.7 Å². The number of benzene rings is 2. The third-order valence-corrected chi connectivity index (χ3v) is 4.92. The average Bonchev–Trinajstić information content (AvgIpc) is 3.15. The van der Waals surface area contributed by atoms with Crippen molar-refractivity contribution in [1.82, 2.24) is 5.32 Å². The van der Waals surface area contributed by atoms with E-state index in [1.54, 1.807) is 7.11 Å². The second-order valence-electron chi connectivity index (χ2n) is 7.89. The number of carbonyl (C=O) groups excluding carboxylic acids is 1. The van der Waals surface area contributed by atoms with E-state index in [-0.39, 0.29) is 11.3 Å². The predicted octanol–water partition coefficient (Wildman–Crippen LogP) is 4.67. The van der Waals surface area contributed by atoms with E-state index >= 15 is 0 Å². The molecule has 0 aromatic heterocycles. The Labute approximate surface area is 156 Å². The Kier molecular flexibility index (Phi) is 5.33. The topological polar surface area (TPSA) is 50.4 Å². The lowest BCUT2D eigenvalue weighted by molar-refractivity contribution is 0.102. The maximum atomic E-state index is 12.8. The summed E-state index contributed by atoms with van der Waals surface area (Å²) in [6.45, 7) is 7.48. The molecule has 0 spiro atoms. The highest BCUT2D eigenvalue weighted by atomic mass is 16.5. The molecule has 1 amide bonds. The van der Waals surface area contributed by atoms with Crippen molar-refractivity contribution in [3.05, 3.63) is 59.2 Å². The van der Waals surface area contributed by atoms with Crippen LogP contribution in [0.25, 0.3) is 0 Å². The summed E-state index contributed by atoms with van der Waals surface area (Å²) in [4.78, 5) is 12.8. The first-order valence-electron chi connectivity index (χ1n) is 9.22. The molecule has 26 heavy (non-hydrogen) atoms. The maximum absolute atomic E-state index is 12.8. The number of nitrogens with one attached hydrogen (secondary N) is 2. The van der Waals surface area contributed by atoms with Gasteiger partial charge in [-0.2, -0.15) is 0 Å². The summed E-state index contributed by atoms with van der Waals surface area (Å²) in [5, 5.41) is 6.50. The molecule has 1 fully saturated rings. The van der Waals surface area contributed by atoms with Gasteiger partial charge in [0.15, 0.2) is 0 Å². The summed E-state index contributed by atoms with van der Waals surface area (Å²) in [7, 11) is 1.60. The third-order valence-electron chi connectivity index (χ3n) is 4.92. The van der Waals surface area contributed by atoms with Gasteiger partial charge in [-0.25, -0.2) is 0 Å². The minimum absolute atomic E-state index is 0.00486. The first-order valence-corrected chi connectivity index (χ1v) is 9.22. The normalized spacial score (nSPS) is 17.2. The standard InChI is InChI=1S/C22H28N2O2/c1-22(2,3)16-10-11-18(20(14-16)26-4)21(25)24-17-8-5-7-15(13-17)19-9-6-12-23-19/h5,7-8,10-11,13-14,19,23H,6,9,12H2,1-4H3,(H,24,25). The molecule has 4 heteroatoms. The maximum Gasteiger partial charge on any atom is 0.259 e. The van der Waals surface area contributed by atoms with Crippen molar-refractivity contribution >= 4 is 11.6 Å². The Morgan fingerprint density at radius 3 is 2.65 bits per heavy atom. The van der Waals surface area contributed by atoms with Crippen LogP contribution >= 0.6 is 0 Å². The van der Waals surface area contributed by atoms with Crippen LogP contribution in [0.1, 0.15) is 61.1 Å². The van der Waals surface area contributed by atoms with Gasteiger partial charge in [-0.15, -0.1) is 0 Å². The molecule has 2 aromatic rings. The Balaban J connectivity index is 1.81. The van der Waals surface area contributed by atoms with Crippen LogP contribution in [0, 0.1) is 0 Å². The van der Waals surface area contributed by atoms with Gasteiger partial charge in [-0.05, 0) is 60.2 Å². The second-order valence-corrected chi connectivity index (χ2v) is 7.89. The highest BCUT2D eigenvalue weighted by Gasteiger charge is 2.20. The molecule has 2 N–H and O–H groups in total. The van der Waals surface area contributed by atoms with E-state index in [0.29, 0.717) is 17.4 Å². The molecule has 0 radical (unpaired) electrons. The molecule has 0 aliphatic carbocycles. The lowest BCUT2D eigenvalue weighted by Gasteiger charge is -2.21. The van der Waals surface area contributed by atoms with Crippen molar-refractivity contribution < 1.29 is 9.53 Å². The first kappa shape index (κ1) is 18.5. The number of hydrogen-bond donors (Lipinski definition) is 2. The zero-order valence-electron chi connectivity index (χ0n) is 16.1. The fraction of sp³-hybridized carbons (Fsp3) is 0.409. The molecular formula is C22H28N2O2. The molecule has 0 bridgehead atoms. The third kappa shape index (κ3) is 4.07. The van der Waals surface area contributed by atoms with E-state index in [9.17, 15) is 4.79 Å². The van der Waals surface area contributed by atoms with Crippen LogP contribution in [0.5, 0.6) is 5.75 Å². The zero-order chi connectivity index (χ0) is 18.7. The highest BCUT2D eigenvalue weighted by molar-refractivity contribution is 6.06. The average molecular weight is 352 g/mol. The highest BCUT2D eigenvalue weighted by Crippen LogP contribution is 2.30. The molecule has 1 unspecified atom stereocenters. The van der Waals surface area contributed by atoms with Crippen LogP contribution in [0.3, 0.4) is 0 Å². The summed E-state index contributed by atoms with van der Waals surface area (Å²) in [5.74, 6) is 0.447. The van der Waals surface area contributed by atoms with Gasteiger partial charge < -0.3 is 15.4 Å². The van der Waals surface area contributed by atoms with Gasteiger partial charge >= 0.3 is 0 Å². The van der Waals surface area contributed by atoms with Crippen LogP contribution in [0.4, 0.5) is 5.69 Å². The summed E-state index contributed by atoms with van der Waals surface area (Å²) < 4.78 is 5.47. The van der Waals surface area contributed by atoms with Crippen LogP contribution in [-0.2, 0) is 5.41 Å². The minimum atomic E-state index is -0.154. The molecular weight excluding hydrogens is 324 g/mol. The van der Waals surface area contributed by atoms with Crippen molar-refractivity contribution in [1.29, 1.82) is 0 Å². The molecule has 1 atom stereocenters. The molecule has 1 heterocycles. The number of carbonyl (C=O) groups is 1. The summed E-state index contributed by atoms with van der Waals surface area (Å²) in [6.07, 6.45) is 2.33. The van der Waals surface area contributed by atoms with E-state index in [1.807, 2.05) is 30.3 Å². The number of amides is 1. The number of ether oxygens (including phenoxy) is 1.